The molecule has 0 N–H and O–H groups in total. The first kappa shape index (κ1) is 8.56. The highest BCUT2D eigenvalue weighted by Crippen LogP contribution is 2.27. The van der Waals surface area contributed by atoms with Crippen molar-refractivity contribution >= 4 is 21.7 Å². The van der Waals surface area contributed by atoms with Crippen LogP contribution in [0.25, 0.3) is 20.9 Å². The molecule has 2 aromatic heterocycles. The highest BCUT2D eigenvalue weighted by Gasteiger charge is 2.05. The van der Waals surface area contributed by atoms with Crippen LogP contribution in [0.2, 0.25) is 0 Å². The zero-order chi connectivity index (χ0) is 10.1. The molecule has 0 unspecified atom stereocenters. The fraction of sp³-hybridized carbons (Fsp3) is 0. The van der Waals surface area contributed by atoms with Gasteiger partial charge in [-0.05, 0) is 12.1 Å². The Morgan fingerprint density at radius 1 is 0.933 bits per heavy atom. The Balaban J connectivity index is 2.21. The highest BCUT2D eigenvalue weighted by atomic mass is 32.1. The number of benzene rings is 1. The van der Waals surface area contributed by atoms with Gasteiger partial charge in [0.25, 0.3) is 0 Å². The fourth-order valence-corrected chi connectivity index (χ4v) is 2.39. The number of nitrogens with zero attached hydrogens (tertiary/aromatic N) is 2. The average molecular weight is 212 g/mol. The molecule has 0 amide bonds. The SMILES string of the molecule is c1ccc(-c2nc3cccnc3s2)cc1. The molecule has 0 aliphatic rings. The van der Waals surface area contributed by atoms with Gasteiger partial charge in [-0.3, -0.25) is 0 Å². The Bertz CT molecular complexity index is 554. The molecule has 0 saturated carbocycles. The van der Waals surface area contributed by atoms with E-state index in [-0.39, 0.29) is 0 Å². The van der Waals surface area contributed by atoms with Gasteiger partial charge in [-0.1, -0.05) is 41.7 Å². The summed E-state index contributed by atoms with van der Waals surface area (Å²) in [6.45, 7) is 0. The van der Waals surface area contributed by atoms with E-state index in [1.165, 1.54) is 0 Å². The van der Waals surface area contributed by atoms with Crippen molar-refractivity contribution in [2.45, 2.75) is 0 Å². The van der Waals surface area contributed by atoms with Gasteiger partial charge in [0.2, 0.25) is 0 Å². The second kappa shape index (κ2) is 3.44. The van der Waals surface area contributed by atoms with Crippen LogP contribution in [-0.2, 0) is 0 Å². The van der Waals surface area contributed by atoms with Crippen LogP contribution in [0.3, 0.4) is 0 Å². The monoisotopic (exact) mass is 212 g/mol. The molecule has 15 heavy (non-hydrogen) atoms. The van der Waals surface area contributed by atoms with Gasteiger partial charge in [0.05, 0.1) is 0 Å². The Morgan fingerprint density at radius 2 is 1.80 bits per heavy atom. The molecule has 2 nitrogen and oxygen atoms in total. The molecule has 0 radical (unpaired) electrons. The lowest BCUT2D eigenvalue weighted by Gasteiger charge is -1.91. The van der Waals surface area contributed by atoms with Crippen molar-refractivity contribution in [2.24, 2.45) is 0 Å². The van der Waals surface area contributed by atoms with Gasteiger partial charge in [-0.15, -0.1) is 0 Å². The van der Waals surface area contributed by atoms with Crippen LogP contribution in [0, 0.1) is 0 Å². The summed E-state index contributed by atoms with van der Waals surface area (Å²) in [4.78, 5) is 9.82. The minimum absolute atomic E-state index is 0.973. The lowest BCUT2D eigenvalue weighted by Crippen LogP contribution is -1.73. The molecule has 72 valence electrons. The molecule has 3 heteroatoms. The van der Waals surface area contributed by atoms with Crippen molar-refractivity contribution in [3.05, 3.63) is 48.7 Å². The predicted octanol–water partition coefficient (Wildman–Crippen LogP) is 3.36. The Morgan fingerprint density at radius 3 is 2.60 bits per heavy atom. The first-order valence-electron chi connectivity index (χ1n) is 4.70. The van der Waals surface area contributed by atoms with Gasteiger partial charge in [-0.25, -0.2) is 9.97 Å². The second-order valence-electron chi connectivity index (χ2n) is 3.21. The normalized spacial score (nSPS) is 10.7. The maximum atomic E-state index is 4.54. The second-order valence-corrected chi connectivity index (χ2v) is 4.19. The van der Waals surface area contributed by atoms with Crippen molar-refractivity contribution in [1.82, 2.24) is 9.97 Å². The quantitative estimate of drug-likeness (QED) is 0.618. The van der Waals surface area contributed by atoms with Gasteiger partial charge in [0.15, 0.2) is 0 Å². The van der Waals surface area contributed by atoms with Gasteiger partial charge < -0.3 is 0 Å². The molecule has 2 heterocycles. The van der Waals surface area contributed by atoms with Crippen LogP contribution < -0.4 is 0 Å². The van der Waals surface area contributed by atoms with E-state index in [1.54, 1.807) is 17.5 Å². The van der Waals surface area contributed by atoms with E-state index in [0.29, 0.717) is 0 Å². The van der Waals surface area contributed by atoms with Crippen LogP contribution in [-0.4, -0.2) is 9.97 Å². The number of aromatic nitrogens is 2. The summed E-state index contributed by atoms with van der Waals surface area (Å²) < 4.78 is 0. The molecule has 0 spiro atoms. The maximum Gasteiger partial charge on any atom is 0.143 e. The zero-order valence-corrected chi connectivity index (χ0v) is 8.74. The first-order chi connectivity index (χ1) is 7.43. The van der Waals surface area contributed by atoms with Crippen LogP contribution in [0.15, 0.2) is 48.7 Å². The summed E-state index contributed by atoms with van der Waals surface area (Å²) >= 11 is 1.63. The smallest absolute Gasteiger partial charge is 0.143 e. The molecule has 0 saturated heterocycles. The third-order valence-electron chi connectivity index (χ3n) is 2.19. The highest BCUT2D eigenvalue weighted by molar-refractivity contribution is 7.21. The third-order valence-corrected chi connectivity index (χ3v) is 3.22. The number of rotatable bonds is 1. The van der Waals surface area contributed by atoms with E-state index >= 15 is 0 Å². The molecule has 0 aliphatic carbocycles. The number of pyridine rings is 1. The molecule has 0 atom stereocenters. The number of fused-ring (bicyclic) bond motifs is 1. The van der Waals surface area contributed by atoms with Crippen molar-refractivity contribution in [1.29, 1.82) is 0 Å². The Labute approximate surface area is 91.2 Å². The molecular formula is C12H8N2S. The van der Waals surface area contributed by atoms with Gasteiger partial charge in [0.1, 0.15) is 15.4 Å². The Kier molecular flexibility index (Phi) is 1.96. The van der Waals surface area contributed by atoms with E-state index < -0.39 is 0 Å². The first-order valence-corrected chi connectivity index (χ1v) is 5.52. The van der Waals surface area contributed by atoms with E-state index in [9.17, 15) is 0 Å². The zero-order valence-electron chi connectivity index (χ0n) is 7.92. The van der Waals surface area contributed by atoms with Crippen molar-refractivity contribution < 1.29 is 0 Å². The van der Waals surface area contributed by atoms with E-state index in [1.807, 2.05) is 30.3 Å². The van der Waals surface area contributed by atoms with Crippen LogP contribution in [0.4, 0.5) is 0 Å². The Hall–Kier alpha value is -1.74. The third kappa shape index (κ3) is 1.51. The van der Waals surface area contributed by atoms with E-state index in [4.69, 9.17) is 0 Å². The number of thiazole rings is 1. The predicted molar refractivity (Wildman–Crippen MR) is 62.9 cm³/mol. The van der Waals surface area contributed by atoms with Gasteiger partial charge in [-0.2, -0.15) is 0 Å². The maximum absolute atomic E-state index is 4.54. The molecular weight excluding hydrogens is 204 g/mol. The molecule has 3 rings (SSSR count). The van der Waals surface area contributed by atoms with Gasteiger partial charge >= 0.3 is 0 Å². The minimum Gasteiger partial charge on any atom is -0.244 e. The summed E-state index contributed by atoms with van der Waals surface area (Å²) in [7, 11) is 0. The lowest BCUT2D eigenvalue weighted by molar-refractivity contribution is 1.41. The topological polar surface area (TPSA) is 25.8 Å². The van der Waals surface area contributed by atoms with Crippen molar-refractivity contribution in [2.75, 3.05) is 0 Å². The molecule has 3 aromatic rings. The number of hydrogen-bond acceptors (Lipinski definition) is 3. The summed E-state index contributed by atoms with van der Waals surface area (Å²) in [6, 6.07) is 14.1. The molecule has 0 bridgehead atoms. The minimum atomic E-state index is 0.973. The lowest BCUT2D eigenvalue weighted by atomic mass is 10.2. The van der Waals surface area contributed by atoms with Crippen LogP contribution >= 0.6 is 11.3 Å². The number of hydrogen-bond donors (Lipinski definition) is 0. The standard InChI is InChI=1S/C12H8N2S/c1-2-5-9(6-3-1)11-14-10-7-4-8-13-12(10)15-11/h1-8H. The summed E-state index contributed by atoms with van der Waals surface area (Å²) in [5.74, 6) is 0. The van der Waals surface area contributed by atoms with Crippen molar-refractivity contribution in [3.63, 3.8) is 0 Å². The molecule has 0 aliphatic heterocycles. The van der Waals surface area contributed by atoms with Crippen molar-refractivity contribution in [3.8, 4) is 10.6 Å². The summed E-state index contributed by atoms with van der Waals surface area (Å²) in [5.41, 5.74) is 2.13. The van der Waals surface area contributed by atoms with Crippen LogP contribution in [0.5, 0.6) is 0 Å². The fourth-order valence-electron chi connectivity index (χ4n) is 1.47. The summed E-state index contributed by atoms with van der Waals surface area (Å²) in [5, 5.41) is 1.03. The van der Waals surface area contributed by atoms with E-state index in [2.05, 4.69) is 22.1 Å². The largest absolute Gasteiger partial charge is 0.244 e. The molecule has 0 fully saturated rings. The molecule has 1 aromatic carbocycles. The van der Waals surface area contributed by atoms with Gasteiger partial charge in [0, 0.05) is 11.8 Å². The summed E-state index contributed by atoms with van der Waals surface area (Å²) in [6.07, 6.45) is 1.80. The van der Waals surface area contributed by atoms with Crippen LogP contribution in [0.1, 0.15) is 0 Å². The average Bonchev–Trinajstić information content (AvgIpc) is 2.74. The van der Waals surface area contributed by atoms with E-state index in [0.717, 1.165) is 20.9 Å².